The number of benzene rings is 2. The Morgan fingerprint density at radius 2 is 1.82 bits per heavy atom. The summed E-state index contributed by atoms with van der Waals surface area (Å²) in [6.45, 7) is 4.17. The topological polar surface area (TPSA) is 135 Å². The SMILES string of the molecule is CS(=O)(=O)N1CCN(CCCOc2ccc(Nc3ncnc4c3CCN(c3ccc(N(O)O)c(C(F)(F)F)c3)C4)cc2Cl)CC1. The number of hydrogen-bond donors (Lipinski definition) is 3. The van der Waals surface area contributed by atoms with Crippen LogP contribution in [0.15, 0.2) is 42.7 Å². The predicted octanol–water partition coefficient (Wildman–Crippen LogP) is 4.39. The van der Waals surface area contributed by atoms with Gasteiger partial charge in [-0.3, -0.25) is 10.4 Å². The molecule has 0 amide bonds. The number of hydrogen-bond acceptors (Lipinski definition) is 11. The zero-order valence-electron chi connectivity index (χ0n) is 24.3. The van der Waals surface area contributed by atoms with E-state index in [0.29, 0.717) is 73.7 Å². The Labute approximate surface area is 263 Å². The predicted molar refractivity (Wildman–Crippen MR) is 162 cm³/mol. The minimum absolute atomic E-state index is 0.228. The lowest BCUT2D eigenvalue weighted by molar-refractivity contribution is -0.138. The molecule has 2 aromatic carbocycles. The quantitative estimate of drug-likeness (QED) is 0.209. The first-order chi connectivity index (χ1) is 21.3. The molecule has 1 fully saturated rings. The van der Waals surface area contributed by atoms with E-state index < -0.39 is 32.7 Å². The van der Waals surface area contributed by atoms with E-state index in [1.165, 1.54) is 23.0 Å². The van der Waals surface area contributed by atoms with E-state index in [4.69, 9.17) is 16.3 Å². The van der Waals surface area contributed by atoms with Gasteiger partial charge in [0.25, 0.3) is 0 Å². The molecule has 0 unspecified atom stereocenters. The van der Waals surface area contributed by atoms with Gasteiger partial charge in [-0.2, -0.15) is 17.5 Å². The van der Waals surface area contributed by atoms with Crippen LogP contribution < -0.4 is 20.2 Å². The molecule has 3 N–H and O–H groups in total. The largest absolute Gasteiger partial charge is 0.492 e. The van der Waals surface area contributed by atoms with Crippen LogP contribution in [0.3, 0.4) is 0 Å². The molecule has 2 aliphatic rings. The molecule has 12 nitrogen and oxygen atoms in total. The standard InChI is InChI=1S/C28H33ClF3N7O5S/c1-45(42,43)38-12-10-36(11-13-38)8-2-14-44-26-6-3-19(15-23(26)29)35-27-21-7-9-37(17-24(21)33-18-34-27)20-4-5-25(39(40)41)22(16-20)28(30,31)32/h3-6,15-16,18,40-41H,2,7-14,17H2,1H3,(H,33,34,35). The van der Waals surface area contributed by atoms with Gasteiger partial charge in [0.1, 0.15) is 23.6 Å². The molecule has 3 aromatic rings. The fourth-order valence-electron chi connectivity index (χ4n) is 5.39. The number of alkyl halides is 3. The van der Waals surface area contributed by atoms with E-state index in [1.807, 2.05) is 0 Å². The molecule has 5 rings (SSSR count). The van der Waals surface area contributed by atoms with Crippen LogP contribution in [-0.4, -0.2) is 90.1 Å². The first-order valence-corrected chi connectivity index (χ1v) is 16.4. The van der Waals surface area contributed by atoms with Gasteiger partial charge in [-0.25, -0.2) is 18.4 Å². The van der Waals surface area contributed by atoms with Crippen LogP contribution in [0.5, 0.6) is 5.75 Å². The van der Waals surface area contributed by atoms with Gasteiger partial charge in [-0.15, -0.1) is 5.23 Å². The number of nitrogens with one attached hydrogen (secondary N) is 1. The average molecular weight is 672 g/mol. The first-order valence-electron chi connectivity index (χ1n) is 14.1. The number of nitrogens with zero attached hydrogens (tertiary/aromatic N) is 6. The molecule has 45 heavy (non-hydrogen) atoms. The van der Waals surface area contributed by atoms with Gasteiger partial charge in [0.05, 0.1) is 35.7 Å². The summed E-state index contributed by atoms with van der Waals surface area (Å²) in [5, 5.41) is 21.6. The lowest BCUT2D eigenvalue weighted by Gasteiger charge is -2.33. The van der Waals surface area contributed by atoms with Crippen LogP contribution in [0, 0.1) is 0 Å². The Morgan fingerprint density at radius 3 is 2.49 bits per heavy atom. The van der Waals surface area contributed by atoms with Crippen LogP contribution in [0.1, 0.15) is 23.2 Å². The summed E-state index contributed by atoms with van der Waals surface area (Å²) < 4.78 is 71.4. The maximum atomic E-state index is 13.6. The van der Waals surface area contributed by atoms with Crippen LogP contribution in [-0.2, 0) is 29.2 Å². The molecule has 0 radical (unpaired) electrons. The van der Waals surface area contributed by atoms with Crippen molar-refractivity contribution in [3.05, 3.63) is 64.6 Å². The average Bonchev–Trinajstić information content (AvgIpc) is 2.99. The molecule has 3 heterocycles. The molecule has 1 aromatic heterocycles. The third-order valence-electron chi connectivity index (χ3n) is 7.74. The zero-order valence-corrected chi connectivity index (χ0v) is 25.9. The van der Waals surface area contributed by atoms with E-state index in [-0.39, 0.29) is 12.2 Å². The highest BCUT2D eigenvalue weighted by molar-refractivity contribution is 7.88. The minimum Gasteiger partial charge on any atom is -0.492 e. The molecule has 0 atom stereocenters. The number of fused-ring (bicyclic) bond motifs is 1. The molecule has 0 spiro atoms. The summed E-state index contributed by atoms with van der Waals surface area (Å²) in [5.74, 6) is 1.09. The van der Waals surface area contributed by atoms with Crippen LogP contribution in [0.2, 0.25) is 5.02 Å². The van der Waals surface area contributed by atoms with Gasteiger partial charge in [0.15, 0.2) is 0 Å². The van der Waals surface area contributed by atoms with Crippen molar-refractivity contribution in [1.82, 2.24) is 19.2 Å². The van der Waals surface area contributed by atoms with Gasteiger partial charge in [-0.1, -0.05) is 11.6 Å². The number of rotatable bonds is 10. The molecule has 0 aliphatic carbocycles. The second-order valence-corrected chi connectivity index (χ2v) is 13.2. The van der Waals surface area contributed by atoms with Gasteiger partial charge in [0, 0.05) is 56.2 Å². The maximum absolute atomic E-state index is 13.6. The molecule has 17 heteroatoms. The molecule has 0 bridgehead atoms. The Kier molecular flexibility index (Phi) is 9.91. The van der Waals surface area contributed by atoms with Crippen LogP contribution >= 0.6 is 11.6 Å². The number of ether oxygens (including phenoxy) is 1. The van der Waals surface area contributed by atoms with Crippen molar-refractivity contribution in [2.45, 2.75) is 25.6 Å². The lowest BCUT2D eigenvalue weighted by atomic mass is 10.0. The lowest BCUT2D eigenvalue weighted by Crippen LogP contribution is -2.48. The zero-order chi connectivity index (χ0) is 32.4. The molecule has 2 aliphatic heterocycles. The smallest absolute Gasteiger partial charge is 0.418 e. The number of halogens is 4. The third-order valence-corrected chi connectivity index (χ3v) is 9.34. The normalized spacial score (nSPS) is 16.4. The second kappa shape index (κ2) is 13.5. The molecular weight excluding hydrogens is 639 g/mol. The maximum Gasteiger partial charge on any atom is 0.418 e. The van der Waals surface area contributed by atoms with E-state index in [1.54, 1.807) is 23.1 Å². The van der Waals surface area contributed by atoms with Crippen molar-refractivity contribution in [1.29, 1.82) is 0 Å². The van der Waals surface area contributed by atoms with Crippen molar-refractivity contribution in [2.24, 2.45) is 0 Å². The second-order valence-electron chi connectivity index (χ2n) is 10.8. The Hall–Kier alpha value is -3.41. The monoisotopic (exact) mass is 671 g/mol. The van der Waals surface area contributed by atoms with Crippen LogP contribution in [0.25, 0.3) is 0 Å². The van der Waals surface area contributed by atoms with Crippen molar-refractivity contribution >= 4 is 44.5 Å². The molecular formula is C28H33ClF3N7O5S. The summed E-state index contributed by atoms with van der Waals surface area (Å²) in [7, 11) is -3.16. The summed E-state index contributed by atoms with van der Waals surface area (Å²) in [4.78, 5) is 12.7. The van der Waals surface area contributed by atoms with Gasteiger partial charge in [0.2, 0.25) is 10.0 Å². The molecule has 1 saturated heterocycles. The van der Waals surface area contributed by atoms with E-state index >= 15 is 0 Å². The molecule has 244 valence electrons. The Bertz CT molecular complexity index is 1620. The fourth-order valence-corrected chi connectivity index (χ4v) is 6.45. The van der Waals surface area contributed by atoms with Crippen LogP contribution in [0.4, 0.5) is 36.1 Å². The van der Waals surface area contributed by atoms with Crippen molar-refractivity contribution in [2.75, 3.05) is 67.6 Å². The van der Waals surface area contributed by atoms with E-state index in [9.17, 15) is 32.0 Å². The highest BCUT2D eigenvalue weighted by atomic mass is 35.5. The summed E-state index contributed by atoms with van der Waals surface area (Å²) in [6, 6.07) is 8.56. The number of piperazine rings is 1. The van der Waals surface area contributed by atoms with E-state index in [2.05, 4.69) is 20.2 Å². The summed E-state index contributed by atoms with van der Waals surface area (Å²) in [5.41, 5.74) is 0.467. The Balaban J connectivity index is 1.17. The van der Waals surface area contributed by atoms with E-state index in [0.717, 1.165) is 30.7 Å². The minimum atomic E-state index is -4.79. The Morgan fingerprint density at radius 1 is 1.07 bits per heavy atom. The first kappa shape index (κ1) is 33.0. The van der Waals surface area contributed by atoms with Gasteiger partial charge >= 0.3 is 6.18 Å². The molecule has 0 saturated carbocycles. The summed E-state index contributed by atoms with van der Waals surface area (Å²) >= 11 is 6.50. The van der Waals surface area contributed by atoms with Crippen molar-refractivity contribution < 1.29 is 36.7 Å². The van der Waals surface area contributed by atoms with Crippen molar-refractivity contribution in [3.8, 4) is 5.75 Å². The number of aromatic nitrogens is 2. The third kappa shape index (κ3) is 8.06. The van der Waals surface area contributed by atoms with Gasteiger partial charge < -0.3 is 19.9 Å². The van der Waals surface area contributed by atoms with Crippen molar-refractivity contribution in [3.63, 3.8) is 0 Å². The number of sulfonamides is 1. The fraction of sp³-hybridized carbons (Fsp3) is 0.429. The highest BCUT2D eigenvalue weighted by Gasteiger charge is 2.36. The van der Waals surface area contributed by atoms with Gasteiger partial charge in [-0.05, 0) is 49.2 Å². The highest BCUT2D eigenvalue weighted by Crippen LogP contribution is 2.39. The summed E-state index contributed by atoms with van der Waals surface area (Å²) in [6.07, 6.45) is -0.979. The number of anilines is 4.